The molecule has 0 unspecified atom stereocenters. The number of unbranched alkanes of at least 4 members (excludes halogenated alkanes) is 4. The summed E-state index contributed by atoms with van der Waals surface area (Å²) in [4.78, 5) is 11.7. The Labute approximate surface area is 125 Å². The van der Waals surface area contributed by atoms with E-state index in [2.05, 4.69) is 12.2 Å². The summed E-state index contributed by atoms with van der Waals surface area (Å²) in [7, 11) is 0. The third-order valence-corrected chi connectivity index (χ3v) is 3.22. The summed E-state index contributed by atoms with van der Waals surface area (Å²) in [5.41, 5.74) is 6.72. The highest BCUT2D eigenvalue weighted by molar-refractivity contribution is 6.33. The molecule has 0 aliphatic carbocycles. The van der Waals surface area contributed by atoms with Crippen LogP contribution in [0.1, 0.15) is 39.0 Å². The van der Waals surface area contributed by atoms with Crippen molar-refractivity contribution in [1.82, 2.24) is 0 Å². The van der Waals surface area contributed by atoms with Crippen LogP contribution < -0.4 is 11.1 Å². The second kappa shape index (κ2) is 9.61. The van der Waals surface area contributed by atoms with Crippen molar-refractivity contribution in [3.05, 3.63) is 23.2 Å². The van der Waals surface area contributed by atoms with Gasteiger partial charge in [-0.25, -0.2) is 0 Å². The van der Waals surface area contributed by atoms with E-state index in [4.69, 9.17) is 22.1 Å². The first-order chi connectivity index (χ1) is 9.63. The van der Waals surface area contributed by atoms with Gasteiger partial charge in [-0.1, -0.05) is 44.2 Å². The molecule has 0 saturated heterocycles. The quantitative estimate of drug-likeness (QED) is 0.537. The summed E-state index contributed by atoms with van der Waals surface area (Å²) in [5, 5.41) is 3.15. The van der Waals surface area contributed by atoms with E-state index in [0.29, 0.717) is 23.0 Å². The molecular weight excluding hydrogens is 276 g/mol. The summed E-state index contributed by atoms with van der Waals surface area (Å²) >= 11 is 5.96. The highest BCUT2D eigenvalue weighted by atomic mass is 35.5. The predicted octanol–water partition coefficient (Wildman–Crippen LogP) is 3.85. The van der Waals surface area contributed by atoms with Crippen molar-refractivity contribution in [2.24, 2.45) is 0 Å². The number of hydrogen-bond donors (Lipinski definition) is 2. The van der Waals surface area contributed by atoms with Gasteiger partial charge in [-0.2, -0.15) is 0 Å². The van der Waals surface area contributed by atoms with Crippen LogP contribution >= 0.6 is 11.6 Å². The Hall–Kier alpha value is -1.26. The highest BCUT2D eigenvalue weighted by Gasteiger charge is 2.06. The summed E-state index contributed by atoms with van der Waals surface area (Å²) < 4.78 is 5.33. The van der Waals surface area contributed by atoms with E-state index < -0.39 is 0 Å². The van der Waals surface area contributed by atoms with Crippen LogP contribution in [-0.4, -0.2) is 19.1 Å². The largest absolute Gasteiger partial charge is 0.399 e. The maximum atomic E-state index is 11.7. The molecule has 4 nitrogen and oxygen atoms in total. The molecule has 0 radical (unpaired) electrons. The molecule has 112 valence electrons. The Morgan fingerprint density at radius 3 is 2.80 bits per heavy atom. The van der Waals surface area contributed by atoms with Gasteiger partial charge in [0.25, 0.3) is 0 Å². The number of nitrogens with one attached hydrogen (secondary N) is 1. The van der Waals surface area contributed by atoms with E-state index in [1.54, 1.807) is 18.2 Å². The topological polar surface area (TPSA) is 64.3 Å². The first-order valence-electron chi connectivity index (χ1n) is 7.06. The zero-order valence-electron chi connectivity index (χ0n) is 12.0. The first kappa shape index (κ1) is 16.8. The van der Waals surface area contributed by atoms with Gasteiger partial charge in [0, 0.05) is 12.3 Å². The SMILES string of the molecule is CCCCCCCOCC(=O)Nc1cc(N)ccc1Cl. The van der Waals surface area contributed by atoms with Crippen LogP contribution in [0.4, 0.5) is 11.4 Å². The molecule has 1 aromatic rings. The van der Waals surface area contributed by atoms with E-state index >= 15 is 0 Å². The zero-order chi connectivity index (χ0) is 14.8. The molecule has 0 spiro atoms. The second-order valence-electron chi connectivity index (χ2n) is 4.75. The van der Waals surface area contributed by atoms with E-state index in [1.807, 2.05) is 0 Å². The van der Waals surface area contributed by atoms with Crippen molar-refractivity contribution in [3.8, 4) is 0 Å². The number of carbonyl (C=O) groups excluding carboxylic acids is 1. The molecule has 5 heteroatoms. The fourth-order valence-corrected chi connectivity index (χ4v) is 1.96. The zero-order valence-corrected chi connectivity index (χ0v) is 12.7. The Morgan fingerprint density at radius 2 is 2.05 bits per heavy atom. The van der Waals surface area contributed by atoms with Gasteiger partial charge in [-0.15, -0.1) is 0 Å². The molecule has 0 atom stereocenters. The van der Waals surface area contributed by atoms with Crippen molar-refractivity contribution >= 4 is 28.9 Å². The Kier molecular flexibility index (Phi) is 8.07. The fourth-order valence-electron chi connectivity index (χ4n) is 1.80. The molecule has 0 aliphatic rings. The number of hydrogen-bond acceptors (Lipinski definition) is 3. The fraction of sp³-hybridized carbons (Fsp3) is 0.533. The number of nitrogens with two attached hydrogens (primary N) is 1. The standard InChI is InChI=1S/C15H23ClN2O2/c1-2-3-4-5-6-9-20-11-15(19)18-14-10-12(17)7-8-13(14)16/h7-8,10H,2-6,9,11,17H2,1H3,(H,18,19). The van der Waals surface area contributed by atoms with Crippen molar-refractivity contribution < 1.29 is 9.53 Å². The molecule has 3 N–H and O–H groups in total. The summed E-state index contributed by atoms with van der Waals surface area (Å²) in [6, 6.07) is 4.97. The van der Waals surface area contributed by atoms with Crippen LogP contribution in [0.2, 0.25) is 5.02 Å². The first-order valence-corrected chi connectivity index (χ1v) is 7.44. The monoisotopic (exact) mass is 298 g/mol. The average molecular weight is 299 g/mol. The number of amides is 1. The van der Waals surface area contributed by atoms with E-state index in [0.717, 1.165) is 12.8 Å². The van der Waals surface area contributed by atoms with Gasteiger partial charge in [-0.3, -0.25) is 4.79 Å². The van der Waals surface area contributed by atoms with Crippen LogP contribution in [0.25, 0.3) is 0 Å². The molecule has 1 amide bonds. The van der Waals surface area contributed by atoms with Gasteiger partial charge >= 0.3 is 0 Å². The lowest BCUT2D eigenvalue weighted by molar-refractivity contribution is -0.120. The number of benzene rings is 1. The Balaban J connectivity index is 2.19. The molecule has 0 aliphatic heterocycles. The van der Waals surface area contributed by atoms with Gasteiger partial charge in [0.2, 0.25) is 5.91 Å². The summed E-state index contributed by atoms with van der Waals surface area (Å²) in [6.45, 7) is 2.84. The molecule has 20 heavy (non-hydrogen) atoms. The third-order valence-electron chi connectivity index (χ3n) is 2.89. The van der Waals surface area contributed by atoms with Crippen LogP contribution in [0.5, 0.6) is 0 Å². The molecule has 0 fully saturated rings. The maximum absolute atomic E-state index is 11.7. The second-order valence-corrected chi connectivity index (χ2v) is 5.16. The normalized spacial score (nSPS) is 10.5. The molecule has 0 saturated carbocycles. The van der Waals surface area contributed by atoms with Gasteiger partial charge < -0.3 is 15.8 Å². The third kappa shape index (κ3) is 6.78. The molecule has 1 aromatic carbocycles. The van der Waals surface area contributed by atoms with Crippen LogP contribution in [-0.2, 0) is 9.53 Å². The minimum Gasteiger partial charge on any atom is -0.399 e. The number of ether oxygens (including phenoxy) is 1. The summed E-state index contributed by atoms with van der Waals surface area (Å²) in [6.07, 6.45) is 5.85. The van der Waals surface area contributed by atoms with Crippen molar-refractivity contribution in [2.75, 3.05) is 24.3 Å². The van der Waals surface area contributed by atoms with E-state index in [1.165, 1.54) is 19.3 Å². The smallest absolute Gasteiger partial charge is 0.250 e. The van der Waals surface area contributed by atoms with E-state index in [-0.39, 0.29) is 12.5 Å². The molecule has 1 rings (SSSR count). The molecule has 0 aromatic heterocycles. The van der Waals surface area contributed by atoms with Crippen molar-refractivity contribution in [2.45, 2.75) is 39.0 Å². The van der Waals surface area contributed by atoms with Crippen LogP contribution in [0.3, 0.4) is 0 Å². The highest BCUT2D eigenvalue weighted by Crippen LogP contribution is 2.23. The Morgan fingerprint density at radius 1 is 1.30 bits per heavy atom. The Bertz CT molecular complexity index is 424. The maximum Gasteiger partial charge on any atom is 0.250 e. The number of nitrogen functional groups attached to an aromatic ring is 1. The van der Waals surface area contributed by atoms with Gasteiger partial charge in [0.05, 0.1) is 10.7 Å². The number of anilines is 2. The van der Waals surface area contributed by atoms with Crippen LogP contribution in [0.15, 0.2) is 18.2 Å². The minimum atomic E-state index is -0.217. The minimum absolute atomic E-state index is 0.0406. The lowest BCUT2D eigenvalue weighted by Crippen LogP contribution is -2.19. The average Bonchev–Trinajstić information content (AvgIpc) is 2.42. The van der Waals surface area contributed by atoms with Gasteiger partial charge in [0.15, 0.2) is 0 Å². The predicted molar refractivity (Wildman–Crippen MR) is 84.1 cm³/mol. The molecule has 0 bridgehead atoms. The van der Waals surface area contributed by atoms with Gasteiger partial charge in [0.1, 0.15) is 6.61 Å². The van der Waals surface area contributed by atoms with Crippen LogP contribution in [0, 0.1) is 0 Å². The van der Waals surface area contributed by atoms with Crippen molar-refractivity contribution in [1.29, 1.82) is 0 Å². The number of halogens is 1. The lowest BCUT2D eigenvalue weighted by atomic mass is 10.2. The number of carbonyl (C=O) groups is 1. The van der Waals surface area contributed by atoms with Crippen molar-refractivity contribution in [3.63, 3.8) is 0 Å². The van der Waals surface area contributed by atoms with Gasteiger partial charge in [-0.05, 0) is 24.6 Å². The molecular formula is C15H23ClN2O2. The lowest BCUT2D eigenvalue weighted by Gasteiger charge is -2.08. The summed E-state index contributed by atoms with van der Waals surface area (Å²) in [5.74, 6) is -0.217. The van der Waals surface area contributed by atoms with E-state index in [9.17, 15) is 4.79 Å². The number of rotatable bonds is 9. The molecule has 0 heterocycles.